The third-order valence-electron chi connectivity index (χ3n) is 3.76. The summed E-state index contributed by atoms with van der Waals surface area (Å²) < 4.78 is 0. The van der Waals surface area contributed by atoms with Gasteiger partial charge in [-0.25, -0.2) is 0 Å². The number of carbonyl (C=O) groups excluding carboxylic acids is 1. The highest BCUT2D eigenvalue weighted by Gasteiger charge is 2.19. The Kier molecular flexibility index (Phi) is 8.01. The van der Waals surface area contributed by atoms with Crippen molar-refractivity contribution in [2.75, 3.05) is 26.2 Å². The molecule has 0 unspecified atom stereocenters. The lowest BCUT2D eigenvalue weighted by Gasteiger charge is -2.31. The summed E-state index contributed by atoms with van der Waals surface area (Å²) >= 11 is 0. The van der Waals surface area contributed by atoms with E-state index in [9.17, 15) is 4.79 Å². The number of hydrogen-bond acceptors (Lipinski definition) is 3. The van der Waals surface area contributed by atoms with Crippen molar-refractivity contribution >= 4 is 5.91 Å². The summed E-state index contributed by atoms with van der Waals surface area (Å²) in [7, 11) is 0. The number of rotatable bonds is 8. The first-order chi connectivity index (χ1) is 8.76. The van der Waals surface area contributed by atoms with Gasteiger partial charge in [0.25, 0.3) is 0 Å². The van der Waals surface area contributed by atoms with E-state index < -0.39 is 0 Å². The molecule has 1 saturated heterocycles. The van der Waals surface area contributed by atoms with E-state index in [0.29, 0.717) is 12.5 Å². The van der Waals surface area contributed by atoms with Gasteiger partial charge in [0, 0.05) is 25.6 Å². The summed E-state index contributed by atoms with van der Waals surface area (Å²) in [5.41, 5.74) is 5.43. The van der Waals surface area contributed by atoms with Crippen LogP contribution in [0.2, 0.25) is 0 Å². The van der Waals surface area contributed by atoms with Crippen LogP contribution < -0.4 is 11.1 Å². The summed E-state index contributed by atoms with van der Waals surface area (Å²) in [6.07, 6.45) is 7.24. The first-order valence-electron chi connectivity index (χ1n) is 7.48. The fourth-order valence-electron chi connectivity index (χ4n) is 2.48. The molecule has 1 heterocycles. The molecule has 1 rings (SSSR count). The number of nitrogens with one attached hydrogen (secondary N) is 1. The van der Waals surface area contributed by atoms with Crippen molar-refractivity contribution in [1.82, 2.24) is 10.2 Å². The molecule has 1 amide bonds. The number of likely N-dealkylation sites (tertiary alicyclic amines) is 1. The van der Waals surface area contributed by atoms with E-state index in [2.05, 4.69) is 17.1 Å². The van der Waals surface area contributed by atoms with E-state index >= 15 is 0 Å². The monoisotopic (exact) mass is 255 g/mol. The van der Waals surface area contributed by atoms with Crippen LogP contribution in [-0.4, -0.2) is 43.0 Å². The molecule has 0 saturated carbocycles. The normalized spacial score (nSPS) is 17.9. The molecule has 0 atom stereocenters. The Hall–Kier alpha value is -0.610. The van der Waals surface area contributed by atoms with Crippen molar-refractivity contribution in [3.63, 3.8) is 0 Å². The van der Waals surface area contributed by atoms with Gasteiger partial charge in [-0.2, -0.15) is 0 Å². The first-order valence-corrected chi connectivity index (χ1v) is 7.48. The van der Waals surface area contributed by atoms with E-state index in [1.807, 2.05) is 0 Å². The third kappa shape index (κ3) is 6.36. The number of piperidine rings is 1. The highest BCUT2D eigenvalue weighted by atomic mass is 16.1. The van der Waals surface area contributed by atoms with Gasteiger partial charge in [-0.15, -0.1) is 0 Å². The lowest BCUT2D eigenvalue weighted by Crippen LogP contribution is -2.44. The summed E-state index contributed by atoms with van der Waals surface area (Å²) in [4.78, 5) is 14.2. The van der Waals surface area contributed by atoms with Crippen molar-refractivity contribution in [2.45, 2.75) is 57.9 Å². The number of hydrogen-bond donors (Lipinski definition) is 2. The number of carbonyl (C=O) groups is 1. The Morgan fingerprint density at radius 2 is 1.89 bits per heavy atom. The fraction of sp³-hybridized carbons (Fsp3) is 0.929. The standard InChI is InChI=1S/C14H29N3O/c1-2-17-11-8-13(9-12-17)16-14(18)7-5-3-4-6-10-15/h13H,2-12,15H2,1H3,(H,16,18). The minimum absolute atomic E-state index is 0.234. The van der Waals surface area contributed by atoms with Crippen LogP contribution in [0.4, 0.5) is 0 Å². The molecule has 1 aliphatic rings. The largest absolute Gasteiger partial charge is 0.353 e. The lowest BCUT2D eigenvalue weighted by atomic mass is 10.0. The highest BCUT2D eigenvalue weighted by Crippen LogP contribution is 2.10. The van der Waals surface area contributed by atoms with E-state index in [-0.39, 0.29) is 5.91 Å². The van der Waals surface area contributed by atoms with E-state index in [0.717, 1.165) is 64.7 Å². The molecule has 0 aromatic heterocycles. The number of amides is 1. The molecular weight excluding hydrogens is 226 g/mol. The molecule has 0 bridgehead atoms. The van der Waals surface area contributed by atoms with E-state index in [4.69, 9.17) is 5.73 Å². The second-order valence-corrected chi connectivity index (χ2v) is 5.23. The number of unbranched alkanes of at least 4 members (excludes halogenated alkanes) is 3. The molecular formula is C14H29N3O. The Labute approximate surface area is 111 Å². The van der Waals surface area contributed by atoms with Gasteiger partial charge >= 0.3 is 0 Å². The minimum atomic E-state index is 0.234. The topological polar surface area (TPSA) is 58.4 Å². The van der Waals surface area contributed by atoms with Gasteiger partial charge in [0.1, 0.15) is 0 Å². The van der Waals surface area contributed by atoms with Gasteiger partial charge in [-0.3, -0.25) is 4.79 Å². The van der Waals surface area contributed by atoms with Crippen LogP contribution in [0.3, 0.4) is 0 Å². The maximum atomic E-state index is 11.7. The summed E-state index contributed by atoms with van der Waals surface area (Å²) in [6.45, 7) is 6.33. The van der Waals surface area contributed by atoms with Gasteiger partial charge < -0.3 is 16.0 Å². The average molecular weight is 255 g/mol. The second kappa shape index (κ2) is 9.34. The molecule has 1 fully saturated rings. The van der Waals surface area contributed by atoms with Crippen LogP contribution in [0.1, 0.15) is 51.9 Å². The molecule has 4 heteroatoms. The zero-order valence-corrected chi connectivity index (χ0v) is 11.8. The maximum Gasteiger partial charge on any atom is 0.220 e. The quantitative estimate of drug-likeness (QED) is 0.646. The molecule has 0 aliphatic carbocycles. The van der Waals surface area contributed by atoms with Crippen molar-refractivity contribution in [1.29, 1.82) is 0 Å². The Bertz CT molecular complexity index is 225. The molecule has 18 heavy (non-hydrogen) atoms. The first kappa shape index (κ1) is 15.4. The van der Waals surface area contributed by atoms with Crippen LogP contribution in [0.15, 0.2) is 0 Å². The molecule has 0 aromatic carbocycles. The van der Waals surface area contributed by atoms with Crippen LogP contribution in [0.25, 0.3) is 0 Å². The van der Waals surface area contributed by atoms with Crippen LogP contribution in [0, 0.1) is 0 Å². The van der Waals surface area contributed by atoms with Crippen molar-refractivity contribution in [3.8, 4) is 0 Å². The van der Waals surface area contributed by atoms with Crippen LogP contribution >= 0.6 is 0 Å². The zero-order chi connectivity index (χ0) is 13.2. The molecule has 0 aromatic rings. The van der Waals surface area contributed by atoms with Gasteiger partial charge in [0.15, 0.2) is 0 Å². The van der Waals surface area contributed by atoms with Gasteiger partial charge in [-0.1, -0.05) is 19.8 Å². The molecule has 0 radical (unpaired) electrons. The molecule has 106 valence electrons. The van der Waals surface area contributed by atoms with Crippen LogP contribution in [0.5, 0.6) is 0 Å². The highest BCUT2D eigenvalue weighted by molar-refractivity contribution is 5.76. The number of nitrogens with two attached hydrogens (primary N) is 1. The van der Waals surface area contributed by atoms with Gasteiger partial charge in [0.05, 0.1) is 0 Å². The van der Waals surface area contributed by atoms with E-state index in [1.54, 1.807) is 0 Å². The summed E-state index contributed by atoms with van der Waals surface area (Å²) in [5.74, 6) is 0.234. The van der Waals surface area contributed by atoms with Crippen LogP contribution in [-0.2, 0) is 4.79 Å². The van der Waals surface area contributed by atoms with Crippen molar-refractivity contribution in [2.24, 2.45) is 5.73 Å². The van der Waals surface area contributed by atoms with E-state index in [1.165, 1.54) is 0 Å². The van der Waals surface area contributed by atoms with Gasteiger partial charge in [0.2, 0.25) is 5.91 Å². The molecule has 3 N–H and O–H groups in total. The Morgan fingerprint density at radius 3 is 2.50 bits per heavy atom. The number of nitrogens with zero attached hydrogens (tertiary/aromatic N) is 1. The smallest absolute Gasteiger partial charge is 0.220 e. The molecule has 0 spiro atoms. The Morgan fingerprint density at radius 1 is 1.22 bits per heavy atom. The summed E-state index contributed by atoms with van der Waals surface area (Å²) in [5, 5.41) is 3.16. The fourth-order valence-corrected chi connectivity index (χ4v) is 2.48. The predicted octanol–water partition coefficient (Wildman–Crippen LogP) is 1.50. The Balaban J connectivity index is 2.02. The maximum absolute atomic E-state index is 11.7. The van der Waals surface area contributed by atoms with Crippen molar-refractivity contribution in [3.05, 3.63) is 0 Å². The second-order valence-electron chi connectivity index (χ2n) is 5.23. The third-order valence-corrected chi connectivity index (χ3v) is 3.76. The summed E-state index contributed by atoms with van der Waals surface area (Å²) in [6, 6.07) is 0.407. The van der Waals surface area contributed by atoms with Crippen molar-refractivity contribution < 1.29 is 4.79 Å². The zero-order valence-electron chi connectivity index (χ0n) is 11.8. The lowest BCUT2D eigenvalue weighted by molar-refractivity contribution is -0.122. The van der Waals surface area contributed by atoms with Gasteiger partial charge in [-0.05, 0) is 38.8 Å². The minimum Gasteiger partial charge on any atom is -0.353 e. The average Bonchev–Trinajstić information content (AvgIpc) is 2.39. The molecule has 4 nitrogen and oxygen atoms in total. The molecule has 1 aliphatic heterocycles. The SMILES string of the molecule is CCN1CCC(NC(=O)CCCCCCN)CC1. The predicted molar refractivity (Wildman–Crippen MR) is 75.4 cm³/mol.